The Bertz CT molecular complexity index is 227. The van der Waals surface area contributed by atoms with Crippen molar-refractivity contribution in [3.63, 3.8) is 0 Å². The van der Waals surface area contributed by atoms with Gasteiger partial charge in [-0.3, -0.25) is 9.69 Å². The molecule has 100 valence electrons. The van der Waals surface area contributed by atoms with Crippen LogP contribution >= 0.6 is 0 Å². The first-order valence-corrected chi connectivity index (χ1v) is 6.89. The molecule has 0 radical (unpaired) electrons. The molecule has 1 amide bonds. The van der Waals surface area contributed by atoms with Gasteiger partial charge in [-0.25, -0.2) is 0 Å². The van der Waals surface area contributed by atoms with Crippen molar-refractivity contribution in [1.29, 1.82) is 0 Å². The summed E-state index contributed by atoms with van der Waals surface area (Å²) in [5.41, 5.74) is 5.75. The van der Waals surface area contributed by atoms with E-state index in [4.69, 9.17) is 5.73 Å². The zero-order valence-electron chi connectivity index (χ0n) is 11.2. The first-order valence-electron chi connectivity index (χ1n) is 6.89. The van der Waals surface area contributed by atoms with Crippen molar-refractivity contribution in [2.45, 2.75) is 58.0 Å². The van der Waals surface area contributed by atoms with Gasteiger partial charge in [0.2, 0.25) is 5.91 Å². The highest BCUT2D eigenvalue weighted by molar-refractivity contribution is 5.76. The van der Waals surface area contributed by atoms with Gasteiger partial charge in [-0.05, 0) is 39.3 Å². The van der Waals surface area contributed by atoms with Crippen molar-refractivity contribution in [1.82, 2.24) is 10.2 Å². The highest BCUT2D eigenvalue weighted by atomic mass is 16.1. The molecule has 0 aromatic heterocycles. The van der Waals surface area contributed by atoms with Gasteiger partial charge in [0, 0.05) is 25.0 Å². The summed E-state index contributed by atoms with van der Waals surface area (Å²) in [4.78, 5) is 14.1. The summed E-state index contributed by atoms with van der Waals surface area (Å²) in [5.74, 6) is 0.0863. The average Bonchev–Trinajstić information content (AvgIpc) is 2.36. The monoisotopic (exact) mass is 241 g/mol. The SMILES string of the molecule is CCC(N)CC(=O)NCC(C)N1CCCCC1. The molecule has 0 aromatic rings. The number of likely N-dealkylation sites (tertiary alicyclic amines) is 1. The number of piperidine rings is 1. The summed E-state index contributed by atoms with van der Waals surface area (Å²) in [5, 5.41) is 2.98. The molecule has 0 saturated carbocycles. The minimum absolute atomic E-state index is 0.000271. The summed E-state index contributed by atoms with van der Waals surface area (Å²) in [6.07, 6.45) is 5.23. The second kappa shape index (κ2) is 7.67. The van der Waals surface area contributed by atoms with Crippen LogP contribution < -0.4 is 11.1 Å². The van der Waals surface area contributed by atoms with Gasteiger partial charge < -0.3 is 11.1 Å². The number of nitrogens with two attached hydrogens (primary N) is 1. The smallest absolute Gasteiger partial charge is 0.221 e. The summed E-state index contributed by atoms with van der Waals surface area (Å²) in [6, 6.07) is 0.442. The van der Waals surface area contributed by atoms with Crippen LogP contribution in [0.3, 0.4) is 0 Å². The number of carbonyl (C=O) groups is 1. The maximum atomic E-state index is 11.6. The van der Waals surface area contributed by atoms with Gasteiger partial charge in [-0.15, -0.1) is 0 Å². The van der Waals surface area contributed by atoms with Crippen LogP contribution in [0.25, 0.3) is 0 Å². The third-order valence-corrected chi connectivity index (χ3v) is 3.58. The summed E-state index contributed by atoms with van der Waals surface area (Å²) >= 11 is 0. The van der Waals surface area contributed by atoms with E-state index in [0.717, 1.165) is 13.0 Å². The van der Waals surface area contributed by atoms with E-state index >= 15 is 0 Å². The molecule has 2 atom stereocenters. The van der Waals surface area contributed by atoms with Crippen molar-refractivity contribution >= 4 is 5.91 Å². The molecule has 3 N–H and O–H groups in total. The molecule has 4 heteroatoms. The molecule has 0 spiro atoms. The molecule has 0 aromatic carbocycles. The molecular weight excluding hydrogens is 214 g/mol. The number of carbonyl (C=O) groups excluding carboxylic acids is 1. The lowest BCUT2D eigenvalue weighted by atomic mass is 10.1. The molecular formula is C13H27N3O. The number of hydrogen-bond donors (Lipinski definition) is 2. The first-order chi connectivity index (χ1) is 8.13. The second-order valence-corrected chi connectivity index (χ2v) is 5.12. The van der Waals surface area contributed by atoms with Gasteiger partial charge in [0.15, 0.2) is 0 Å². The van der Waals surface area contributed by atoms with E-state index in [-0.39, 0.29) is 11.9 Å². The largest absolute Gasteiger partial charge is 0.354 e. The normalized spacial score (nSPS) is 20.9. The Kier molecular flexibility index (Phi) is 6.52. The minimum Gasteiger partial charge on any atom is -0.354 e. The highest BCUT2D eigenvalue weighted by Gasteiger charge is 2.17. The van der Waals surface area contributed by atoms with Crippen LogP contribution in [0, 0.1) is 0 Å². The van der Waals surface area contributed by atoms with Crippen LogP contribution in [-0.4, -0.2) is 42.5 Å². The fraction of sp³-hybridized carbons (Fsp3) is 0.923. The molecule has 1 rings (SSSR count). The molecule has 1 aliphatic heterocycles. The molecule has 1 aliphatic rings. The van der Waals surface area contributed by atoms with Gasteiger partial charge >= 0.3 is 0 Å². The van der Waals surface area contributed by atoms with Crippen LogP contribution in [-0.2, 0) is 4.79 Å². The average molecular weight is 241 g/mol. The molecule has 2 unspecified atom stereocenters. The Morgan fingerprint density at radius 1 is 1.35 bits per heavy atom. The zero-order chi connectivity index (χ0) is 12.7. The standard InChI is InChI=1S/C13H27N3O/c1-3-12(14)9-13(17)15-10-11(2)16-7-5-4-6-8-16/h11-12H,3-10,14H2,1-2H3,(H,15,17). The highest BCUT2D eigenvalue weighted by Crippen LogP contribution is 2.11. The lowest BCUT2D eigenvalue weighted by Gasteiger charge is -2.32. The topological polar surface area (TPSA) is 58.4 Å². The molecule has 1 heterocycles. The molecule has 1 fully saturated rings. The van der Waals surface area contributed by atoms with Crippen LogP contribution in [0.4, 0.5) is 0 Å². The Morgan fingerprint density at radius 3 is 2.59 bits per heavy atom. The molecule has 17 heavy (non-hydrogen) atoms. The first kappa shape index (κ1) is 14.5. The lowest BCUT2D eigenvalue weighted by molar-refractivity contribution is -0.121. The van der Waals surface area contributed by atoms with Gasteiger partial charge in [-0.1, -0.05) is 13.3 Å². The van der Waals surface area contributed by atoms with Crippen LogP contribution in [0.2, 0.25) is 0 Å². The predicted octanol–water partition coefficient (Wildman–Crippen LogP) is 1.10. The van der Waals surface area contributed by atoms with Crippen molar-refractivity contribution in [3.05, 3.63) is 0 Å². The Hall–Kier alpha value is -0.610. The third kappa shape index (κ3) is 5.50. The van der Waals surface area contributed by atoms with E-state index < -0.39 is 0 Å². The van der Waals surface area contributed by atoms with E-state index in [1.54, 1.807) is 0 Å². The van der Waals surface area contributed by atoms with E-state index in [0.29, 0.717) is 12.5 Å². The third-order valence-electron chi connectivity index (χ3n) is 3.58. The number of nitrogens with one attached hydrogen (secondary N) is 1. The molecule has 1 saturated heterocycles. The maximum Gasteiger partial charge on any atom is 0.221 e. The van der Waals surface area contributed by atoms with Crippen LogP contribution in [0.1, 0.15) is 46.0 Å². The Labute approximate surface area is 105 Å². The number of nitrogens with zero attached hydrogens (tertiary/aromatic N) is 1. The van der Waals surface area contributed by atoms with E-state index in [2.05, 4.69) is 17.1 Å². The lowest BCUT2D eigenvalue weighted by Crippen LogP contribution is -2.45. The molecule has 0 aliphatic carbocycles. The summed E-state index contributed by atoms with van der Waals surface area (Å²) < 4.78 is 0. The Morgan fingerprint density at radius 2 is 2.00 bits per heavy atom. The summed E-state index contributed by atoms with van der Waals surface area (Å²) in [6.45, 7) is 7.28. The van der Waals surface area contributed by atoms with Gasteiger partial charge in [0.1, 0.15) is 0 Å². The Balaban J connectivity index is 2.17. The quantitative estimate of drug-likeness (QED) is 0.732. The van der Waals surface area contributed by atoms with E-state index in [1.165, 1.54) is 32.4 Å². The predicted molar refractivity (Wildman–Crippen MR) is 70.8 cm³/mol. The summed E-state index contributed by atoms with van der Waals surface area (Å²) in [7, 11) is 0. The van der Waals surface area contributed by atoms with Crippen molar-refractivity contribution in [3.8, 4) is 0 Å². The zero-order valence-corrected chi connectivity index (χ0v) is 11.2. The van der Waals surface area contributed by atoms with Crippen molar-refractivity contribution < 1.29 is 4.79 Å². The van der Waals surface area contributed by atoms with E-state index in [9.17, 15) is 4.79 Å². The van der Waals surface area contributed by atoms with Crippen LogP contribution in [0.15, 0.2) is 0 Å². The number of hydrogen-bond acceptors (Lipinski definition) is 3. The van der Waals surface area contributed by atoms with Gasteiger partial charge in [0.25, 0.3) is 0 Å². The van der Waals surface area contributed by atoms with Crippen molar-refractivity contribution in [2.75, 3.05) is 19.6 Å². The maximum absolute atomic E-state index is 11.6. The number of amides is 1. The fourth-order valence-electron chi connectivity index (χ4n) is 2.20. The number of rotatable bonds is 6. The van der Waals surface area contributed by atoms with E-state index in [1.807, 2.05) is 6.92 Å². The van der Waals surface area contributed by atoms with Crippen molar-refractivity contribution in [2.24, 2.45) is 5.73 Å². The molecule has 4 nitrogen and oxygen atoms in total. The van der Waals surface area contributed by atoms with Gasteiger partial charge in [-0.2, -0.15) is 0 Å². The second-order valence-electron chi connectivity index (χ2n) is 5.12. The van der Waals surface area contributed by atoms with Crippen LogP contribution in [0.5, 0.6) is 0 Å². The van der Waals surface area contributed by atoms with Gasteiger partial charge in [0.05, 0.1) is 0 Å². The fourth-order valence-corrected chi connectivity index (χ4v) is 2.20. The molecule has 0 bridgehead atoms. The minimum atomic E-state index is 0.000271.